The van der Waals surface area contributed by atoms with Crippen LogP contribution in [0.2, 0.25) is 0 Å². The topological polar surface area (TPSA) is 38.1 Å². The van der Waals surface area contributed by atoms with Gasteiger partial charge in [0.25, 0.3) is 0 Å². The van der Waals surface area contributed by atoms with Crippen LogP contribution in [-0.2, 0) is 0 Å². The van der Waals surface area contributed by atoms with E-state index in [0.717, 1.165) is 19.0 Å². The molecule has 2 aliphatic rings. The van der Waals surface area contributed by atoms with Crippen molar-refractivity contribution < 1.29 is 4.52 Å². The minimum absolute atomic E-state index is 0.607. The summed E-state index contributed by atoms with van der Waals surface area (Å²) >= 11 is 0. The first-order valence-electron chi connectivity index (χ1n) is 7.10. The van der Waals surface area contributed by atoms with Gasteiger partial charge in [-0.1, -0.05) is 24.4 Å². The minimum Gasteiger partial charge on any atom is -0.361 e. The summed E-state index contributed by atoms with van der Waals surface area (Å²) < 4.78 is 5.58. The standard InChI is InChI=1S/C14H22N2O/c1-2-4-11(5-3-1)13-10-16-17-14(13)12-6-8-15-9-7-12/h10-12,15H,1-9H2. The predicted molar refractivity (Wildman–Crippen MR) is 67.2 cm³/mol. The lowest BCUT2D eigenvalue weighted by molar-refractivity contribution is 0.321. The Kier molecular flexibility index (Phi) is 3.46. The van der Waals surface area contributed by atoms with Crippen LogP contribution >= 0.6 is 0 Å². The minimum atomic E-state index is 0.607. The summed E-state index contributed by atoms with van der Waals surface area (Å²) in [6.07, 6.45) is 11.2. The Morgan fingerprint density at radius 1 is 1.00 bits per heavy atom. The van der Waals surface area contributed by atoms with Crippen molar-refractivity contribution in [2.45, 2.75) is 56.8 Å². The Hall–Kier alpha value is -0.830. The van der Waals surface area contributed by atoms with Gasteiger partial charge in [0.2, 0.25) is 0 Å². The lowest BCUT2D eigenvalue weighted by Gasteiger charge is -2.25. The maximum absolute atomic E-state index is 5.58. The smallest absolute Gasteiger partial charge is 0.143 e. The Labute approximate surface area is 103 Å². The van der Waals surface area contributed by atoms with Gasteiger partial charge < -0.3 is 9.84 Å². The fourth-order valence-electron chi connectivity index (χ4n) is 3.37. The maximum atomic E-state index is 5.58. The quantitative estimate of drug-likeness (QED) is 0.854. The van der Waals surface area contributed by atoms with Crippen LogP contribution in [-0.4, -0.2) is 18.2 Å². The molecular weight excluding hydrogens is 212 g/mol. The Morgan fingerprint density at radius 2 is 1.76 bits per heavy atom. The fraction of sp³-hybridized carbons (Fsp3) is 0.786. The number of hydrogen-bond acceptors (Lipinski definition) is 3. The molecule has 1 saturated heterocycles. The predicted octanol–water partition coefficient (Wildman–Crippen LogP) is 3.19. The van der Waals surface area contributed by atoms with E-state index in [1.54, 1.807) is 0 Å². The van der Waals surface area contributed by atoms with Crippen molar-refractivity contribution in [1.82, 2.24) is 10.5 Å². The molecule has 1 aliphatic heterocycles. The van der Waals surface area contributed by atoms with Crippen molar-refractivity contribution in [3.05, 3.63) is 17.5 Å². The average molecular weight is 234 g/mol. The zero-order chi connectivity index (χ0) is 11.5. The van der Waals surface area contributed by atoms with Gasteiger partial charge in [-0.05, 0) is 44.7 Å². The number of piperidine rings is 1. The van der Waals surface area contributed by atoms with Crippen LogP contribution in [0.1, 0.15) is 68.1 Å². The molecule has 1 saturated carbocycles. The molecule has 3 heteroatoms. The molecule has 17 heavy (non-hydrogen) atoms. The van der Waals surface area contributed by atoms with E-state index in [1.165, 1.54) is 56.3 Å². The van der Waals surface area contributed by atoms with Crippen LogP contribution in [0, 0.1) is 0 Å². The van der Waals surface area contributed by atoms with E-state index in [-0.39, 0.29) is 0 Å². The third-order valence-corrected chi connectivity index (χ3v) is 4.38. The molecule has 94 valence electrons. The highest BCUT2D eigenvalue weighted by atomic mass is 16.5. The van der Waals surface area contributed by atoms with Crippen LogP contribution < -0.4 is 5.32 Å². The van der Waals surface area contributed by atoms with Gasteiger partial charge in [0.05, 0.1) is 6.20 Å². The summed E-state index contributed by atoms with van der Waals surface area (Å²) in [4.78, 5) is 0. The molecular formula is C14H22N2O. The Morgan fingerprint density at radius 3 is 2.53 bits per heavy atom. The number of hydrogen-bond donors (Lipinski definition) is 1. The molecule has 0 amide bonds. The van der Waals surface area contributed by atoms with Crippen LogP contribution in [0.15, 0.2) is 10.7 Å². The van der Waals surface area contributed by atoms with Gasteiger partial charge in [-0.25, -0.2) is 0 Å². The molecule has 0 unspecified atom stereocenters. The monoisotopic (exact) mass is 234 g/mol. The van der Waals surface area contributed by atoms with Crippen molar-refractivity contribution in [2.24, 2.45) is 0 Å². The molecule has 2 fully saturated rings. The van der Waals surface area contributed by atoms with Crippen LogP contribution in [0.5, 0.6) is 0 Å². The SMILES string of the molecule is c1noc(C2CCNCC2)c1C1CCCCC1. The van der Waals surface area contributed by atoms with Crippen molar-refractivity contribution >= 4 is 0 Å². The highest BCUT2D eigenvalue weighted by Crippen LogP contribution is 2.38. The molecule has 0 aromatic carbocycles. The number of rotatable bonds is 2. The third-order valence-electron chi connectivity index (χ3n) is 4.38. The summed E-state index contributed by atoms with van der Waals surface area (Å²) in [5.74, 6) is 2.54. The van der Waals surface area contributed by atoms with E-state index in [4.69, 9.17) is 4.52 Å². The van der Waals surface area contributed by atoms with Crippen LogP contribution in [0.25, 0.3) is 0 Å². The molecule has 0 radical (unpaired) electrons. The Bertz CT molecular complexity index is 316. The number of nitrogens with zero attached hydrogens (tertiary/aromatic N) is 1. The zero-order valence-corrected chi connectivity index (χ0v) is 10.5. The van der Waals surface area contributed by atoms with Gasteiger partial charge in [-0.2, -0.15) is 0 Å². The second-order valence-electron chi connectivity index (χ2n) is 5.50. The summed E-state index contributed by atoms with van der Waals surface area (Å²) in [5, 5.41) is 7.49. The maximum Gasteiger partial charge on any atom is 0.143 e. The lowest BCUT2D eigenvalue weighted by atomic mass is 9.81. The Balaban J connectivity index is 1.77. The molecule has 3 nitrogen and oxygen atoms in total. The van der Waals surface area contributed by atoms with Crippen LogP contribution in [0.3, 0.4) is 0 Å². The van der Waals surface area contributed by atoms with Crippen molar-refractivity contribution in [3.63, 3.8) is 0 Å². The van der Waals surface area contributed by atoms with Crippen molar-refractivity contribution in [1.29, 1.82) is 0 Å². The highest BCUT2D eigenvalue weighted by Gasteiger charge is 2.27. The second-order valence-corrected chi connectivity index (χ2v) is 5.50. The molecule has 2 heterocycles. The first-order valence-corrected chi connectivity index (χ1v) is 7.10. The van der Waals surface area contributed by atoms with Gasteiger partial charge >= 0.3 is 0 Å². The first kappa shape index (κ1) is 11.3. The van der Waals surface area contributed by atoms with E-state index in [1.807, 2.05) is 6.20 Å². The zero-order valence-electron chi connectivity index (χ0n) is 10.5. The summed E-state index contributed by atoms with van der Waals surface area (Å²) in [7, 11) is 0. The van der Waals surface area contributed by atoms with E-state index in [9.17, 15) is 0 Å². The van der Waals surface area contributed by atoms with Crippen molar-refractivity contribution in [2.75, 3.05) is 13.1 Å². The fourth-order valence-corrected chi connectivity index (χ4v) is 3.37. The van der Waals surface area contributed by atoms with E-state index in [2.05, 4.69) is 10.5 Å². The van der Waals surface area contributed by atoms with Crippen molar-refractivity contribution in [3.8, 4) is 0 Å². The van der Waals surface area contributed by atoms with Gasteiger partial charge in [-0.15, -0.1) is 0 Å². The molecule has 0 spiro atoms. The third kappa shape index (κ3) is 2.39. The van der Waals surface area contributed by atoms with E-state index >= 15 is 0 Å². The van der Waals surface area contributed by atoms with Gasteiger partial charge in [0.1, 0.15) is 5.76 Å². The molecule has 0 bridgehead atoms. The van der Waals surface area contributed by atoms with E-state index in [0.29, 0.717) is 5.92 Å². The molecule has 0 atom stereocenters. The number of aromatic nitrogens is 1. The summed E-state index contributed by atoms with van der Waals surface area (Å²) in [6, 6.07) is 0. The molecule has 3 rings (SSSR count). The van der Waals surface area contributed by atoms with E-state index < -0.39 is 0 Å². The largest absolute Gasteiger partial charge is 0.361 e. The van der Waals surface area contributed by atoms with Gasteiger partial charge in [0, 0.05) is 11.5 Å². The molecule has 1 N–H and O–H groups in total. The second kappa shape index (κ2) is 5.21. The highest BCUT2D eigenvalue weighted by molar-refractivity contribution is 5.23. The van der Waals surface area contributed by atoms with Gasteiger partial charge in [-0.3, -0.25) is 0 Å². The molecule has 1 aromatic heterocycles. The van der Waals surface area contributed by atoms with Crippen LogP contribution in [0.4, 0.5) is 0 Å². The first-order chi connectivity index (χ1) is 8.45. The molecule has 1 aromatic rings. The summed E-state index contributed by atoms with van der Waals surface area (Å²) in [6.45, 7) is 2.24. The average Bonchev–Trinajstić information content (AvgIpc) is 2.90. The lowest BCUT2D eigenvalue weighted by Crippen LogP contribution is -2.27. The van der Waals surface area contributed by atoms with Gasteiger partial charge in [0.15, 0.2) is 0 Å². The normalized spacial score (nSPS) is 24.0. The molecule has 1 aliphatic carbocycles. The number of nitrogens with one attached hydrogen (secondary N) is 1. The summed E-state index contributed by atoms with van der Waals surface area (Å²) in [5.41, 5.74) is 1.43.